The minimum Gasteiger partial charge on any atom is -0.338 e. The molecular formula is C13H15Cl2N5. The molecule has 2 aromatic rings. The van der Waals surface area contributed by atoms with E-state index in [0.717, 1.165) is 31.5 Å². The van der Waals surface area contributed by atoms with Crippen LogP contribution in [0.25, 0.3) is 11.4 Å². The zero-order valence-electron chi connectivity index (χ0n) is 10.8. The fourth-order valence-electron chi connectivity index (χ4n) is 2.39. The fraction of sp³-hybridized carbons (Fsp3) is 0.385. The molecule has 3 rings (SSSR count). The third-order valence-corrected chi connectivity index (χ3v) is 3.95. The predicted octanol–water partition coefficient (Wildman–Crippen LogP) is 2.71. The number of hydrogen-bond donors (Lipinski definition) is 2. The lowest BCUT2D eigenvalue weighted by Crippen LogP contribution is -2.43. The van der Waals surface area contributed by atoms with E-state index >= 15 is 0 Å². The van der Waals surface area contributed by atoms with Gasteiger partial charge in [0, 0.05) is 29.7 Å². The second-order valence-corrected chi connectivity index (χ2v) is 5.80. The molecule has 20 heavy (non-hydrogen) atoms. The molecule has 1 aromatic carbocycles. The van der Waals surface area contributed by atoms with Crippen molar-refractivity contribution < 1.29 is 0 Å². The van der Waals surface area contributed by atoms with Gasteiger partial charge in [0.15, 0.2) is 5.82 Å². The number of halogens is 2. The molecule has 1 fully saturated rings. The second kappa shape index (κ2) is 5.60. The molecule has 1 atom stereocenters. The molecule has 1 aliphatic heterocycles. The van der Waals surface area contributed by atoms with Crippen LogP contribution in [0.4, 0.5) is 5.95 Å². The maximum atomic E-state index is 6.18. The van der Waals surface area contributed by atoms with Crippen LogP contribution < -0.4 is 10.6 Å². The van der Waals surface area contributed by atoms with Crippen molar-refractivity contribution >= 4 is 29.2 Å². The molecule has 3 N–H and O–H groups in total. The van der Waals surface area contributed by atoms with Gasteiger partial charge in [0.2, 0.25) is 5.95 Å². The standard InChI is InChI=1S/C13H15Cl2N5/c14-8-3-4-10(11(15)6-8)12-17-13(19-18-12)20-5-1-2-9(16)7-20/h3-4,6,9H,1-2,5,7,16H2,(H,17,18,19). The van der Waals surface area contributed by atoms with Crippen LogP contribution in [0, 0.1) is 0 Å². The molecule has 0 spiro atoms. The van der Waals surface area contributed by atoms with E-state index in [4.69, 9.17) is 28.9 Å². The van der Waals surface area contributed by atoms with Crippen LogP contribution in [-0.4, -0.2) is 34.3 Å². The Balaban J connectivity index is 1.86. The maximum absolute atomic E-state index is 6.18. The van der Waals surface area contributed by atoms with Crippen molar-refractivity contribution in [1.29, 1.82) is 0 Å². The smallest absolute Gasteiger partial charge is 0.245 e. The summed E-state index contributed by atoms with van der Waals surface area (Å²) in [6.45, 7) is 1.71. The normalized spacial score (nSPS) is 19.4. The van der Waals surface area contributed by atoms with Gasteiger partial charge >= 0.3 is 0 Å². The third-order valence-electron chi connectivity index (χ3n) is 3.40. The van der Waals surface area contributed by atoms with Gasteiger partial charge < -0.3 is 10.6 Å². The van der Waals surface area contributed by atoms with Crippen molar-refractivity contribution in [2.75, 3.05) is 18.0 Å². The molecule has 0 radical (unpaired) electrons. The van der Waals surface area contributed by atoms with Crippen LogP contribution in [-0.2, 0) is 0 Å². The summed E-state index contributed by atoms with van der Waals surface area (Å²) in [5, 5.41) is 8.33. The van der Waals surface area contributed by atoms with Crippen molar-refractivity contribution in [1.82, 2.24) is 15.2 Å². The first-order chi connectivity index (χ1) is 9.63. The summed E-state index contributed by atoms with van der Waals surface area (Å²) < 4.78 is 0. The number of piperidine rings is 1. The van der Waals surface area contributed by atoms with Gasteiger partial charge in [-0.2, -0.15) is 4.98 Å². The SMILES string of the molecule is NC1CCCN(c2n[nH]c(-c3ccc(Cl)cc3Cl)n2)C1. The molecule has 106 valence electrons. The van der Waals surface area contributed by atoms with Gasteiger partial charge in [-0.25, -0.2) is 0 Å². The number of anilines is 1. The summed E-state index contributed by atoms with van der Waals surface area (Å²) in [5.74, 6) is 1.31. The number of nitrogens with one attached hydrogen (secondary N) is 1. The molecule has 0 amide bonds. The Labute approximate surface area is 127 Å². The Kier molecular flexibility index (Phi) is 3.83. The fourth-order valence-corrected chi connectivity index (χ4v) is 2.89. The Morgan fingerprint density at radius 3 is 2.95 bits per heavy atom. The van der Waals surface area contributed by atoms with Gasteiger partial charge in [0.05, 0.1) is 5.02 Å². The number of nitrogens with two attached hydrogens (primary N) is 1. The molecule has 0 aliphatic carbocycles. The Hall–Kier alpha value is -1.30. The monoisotopic (exact) mass is 311 g/mol. The summed E-state index contributed by atoms with van der Waals surface area (Å²) in [4.78, 5) is 6.60. The minimum atomic E-state index is 0.185. The third kappa shape index (κ3) is 2.75. The van der Waals surface area contributed by atoms with Crippen LogP contribution in [0.15, 0.2) is 18.2 Å². The topological polar surface area (TPSA) is 70.8 Å². The number of rotatable bonds is 2. The molecule has 7 heteroatoms. The Bertz CT molecular complexity index is 613. The number of aromatic nitrogens is 3. The second-order valence-electron chi connectivity index (χ2n) is 4.96. The first-order valence-corrected chi connectivity index (χ1v) is 7.27. The van der Waals surface area contributed by atoms with Crippen LogP contribution in [0.5, 0.6) is 0 Å². The molecule has 1 saturated heterocycles. The quantitative estimate of drug-likeness (QED) is 0.894. The molecule has 2 heterocycles. The summed E-state index contributed by atoms with van der Waals surface area (Å²) in [7, 11) is 0. The summed E-state index contributed by atoms with van der Waals surface area (Å²) in [5.41, 5.74) is 6.77. The highest BCUT2D eigenvalue weighted by Crippen LogP contribution is 2.29. The summed E-state index contributed by atoms with van der Waals surface area (Å²) in [6, 6.07) is 5.49. The Morgan fingerprint density at radius 1 is 1.35 bits per heavy atom. The molecule has 5 nitrogen and oxygen atoms in total. The van der Waals surface area contributed by atoms with E-state index < -0.39 is 0 Å². The maximum Gasteiger partial charge on any atom is 0.245 e. The number of aromatic amines is 1. The van der Waals surface area contributed by atoms with E-state index in [9.17, 15) is 0 Å². The van der Waals surface area contributed by atoms with Gasteiger partial charge in [-0.3, -0.25) is 5.10 Å². The Morgan fingerprint density at radius 2 is 2.20 bits per heavy atom. The molecular weight excluding hydrogens is 297 g/mol. The van der Waals surface area contributed by atoms with Crippen molar-refractivity contribution in [3.05, 3.63) is 28.2 Å². The van der Waals surface area contributed by atoms with Crippen LogP contribution in [0.2, 0.25) is 10.0 Å². The highest BCUT2D eigenvalue weighted by Gasteiger charge is 2.20. The molecule has 1 aromatic heterocycles. The lowest BCUT2D eigenvalue weighted by molar-refractivity contribution is 0.500. The number of hydrogen-bond acceptors (Lipinski definition) is 4. The largest absolute Gasteiger partial charge is 0.338 e. The lowest BCUT2D eigenvalue weighted by atomic mass is 10.1. The van der Waals surface area contributed by atoms with E-state index in [1.165, 1.54) is 0 Å². The average Bonchev–Trinajstić information content (AvgIpc) is 2.88. The van der Waals surface area contributed by atoms with Crippen molar-refractivity contribution in [2.24, 2.45) is 5.73 Å². The summed E-state index contributed by atoms with van der Waals surface area (Å²) >= 11 is 12.1. The van der Waals surface area contributed by atoms with Crippen LogP contribution in [0.3, 0.4) is 0 Å². The van der Waals surface area contributed by atoms with Gasteiger partial charge in [-0.05, 0) is 31.0 Å². The van der Waals surface area contributed by atoms with Crippen LogP contribution in [0.1, 0.15) is 12.8 Å². The van der Waals surface area contributed by atoms with Crippen molar-refractivity contribution in [2.45, 2.75) is 18.9 Å². The average molecular weight is 312 g/mol. The first-order valence-electron chi connectivity index (χ1n) is 6.52. The molecule has 1 unspecified atom stereocenters. The van der Waals surface area contributed by atoms with E-state index in [1.807, 2.05) is 6.07 Å². The number of nitrogens with zero attached hydrogens (tertiary/aromatic N) is 3. The van der Waals surface area contributed by atoms with Crippen molar-refractivity contribution in [3.63, 3.8) is 0 Å². The van der Waals surface area contributed by atoms with Gasteiger partial charge in [0.25, 0.3) is 0 Å². The molecule has 0 bridgehead atoms. The zero-order valence-corrected chi connectivity index (χ0v) is 12.3. The first kappa shape index (κ1) is 13.7. The van der Waals surface area contributed by atoms with Gasteiger partial charge in [-0.1, -0.05) is 23.2 Å². The highest BCUT2D eigenvalue weighted by molar-refractivity contribution is 6.36. The number of benzene rings is 1. The molecule has 0 saturated carbocycles. The van der Waals surface area contributed by atoms with Crippen LogP contribution >= 0.6 is 23.2 Å². The molecule has 1 aliphatic rings. The van der Waals surface area contributed by atoms with E-state index in [2.05, 4.69) is 20.1 Å². The van der Waals surface area contributed by atoms with Crippen molar-refractivity contribution in [3.8, 4) is 11.4 Å². The van der Waals surface area contributed by atoms with E-state index in [-0.39, 0.29) is 6.04 Å². The van der Waals surface area contributed by atoms with Gasteiger partial charge in [0.1, 0.15) is 0 Å². The van der Waals surface area contributed by atoms with E-state index in [1.54, 1.807) is 12.1 Å². The zero-order chi connectivity index (χ0) is 14.1. The van der Waals surface area contributed by atoms with Gasteiger partial charge in [-0.15, -0.1) is 5.10 Å². The number of H-pyrrole nitrogens is 1. The minimum absolute atomic E-state index is 0.185. The predicted molar refractivity (Wildman–Crippen MR) is 81.3 cm³/mol. The highest BCUT2D eigenvalue weighted by atomic mass is 35.5. The van der Waals surface area contributed by atoms with E-state index in [0.29, 0.717) is 21.8 Å². The summed E-state index contributed by atoms with van der Waals surface area (Å²) in [6.07, 6.45) is 2.11. The lowest BCUT2D eigenvalue weighted by Gasteiger charge is -2.29.